The minimum Gasteiger partial charge on any atom is -0.477 e. The Hall–Kier alpha value is -2.10. The molecule has 1 aliphatic carbocycles. The molecule has 0 radical (unpaired) electrons. The normalized spacial score (nSPS) is 25.1. The molecule has 1 saturated heterocycles. The molecule has 1 amide bonds. The zero-order valence-electron chi connectivity index (χ0n) is 19.0. The van der Waals surface area contributed by atoms with E-state index in [2.05, 4.69) is 18.4 Å². The van der Waals surface area contributed by atoms with Crippen LogP contribution in [0.3, 0.4) is 0 Å². The lowest BCUT2D eigenvalue weighted by Gasteiger charge is -2.47. The van der Waals surface area contributed by atoms with Gasteiger partial charge in [-0.2, -0.15) is 0 Å². The highest BCUT2D eigenvalue weighted by Gasteiger charge is 2.48. The average molecular weight is 444 g/mol. The summed E-state index contributed by atoms with van der Waals surface area (Å²) >= 11 is 1.14. The van der Waals surface area contributed by atoms with Gasteiger partial charge < -0.3 is 14.7 Å². The monoisotopic (exact) mass is 443 g/mol. The highest BCUT2D eigenvalue weighted by molar-refractivity contribution is 7.15. The summed E-state index contributed by atoms with van der Waals surface area (Å²) in [6.45, 7) is 12.0. The standard InChI is InChI=1S/C25H33NO4S/c1-6-13-25(5)23(29)26(20(16-30-25)17-10-8-7-9-11-17)19-15-18(12-14-24(2,3)4)31-21(19)22(27)28/h6,15,17,20H,1,7-11,13,16H2,2-5H3,(H,27,28)/t20-,25+/m0/s1. The third-order valence-electron chi connectivity index (χ3n) is 6.03. The number of ether oxygens (including phenoxy) is 1. The molecule has 6 heteroatoms. The van der Waals surface area contributed by atoms with Crippen molar-refractivity contribution < 1.29 is 19.4 Å². The molecular weight excluding hydrogens is 410 g/mol. The van der Waals surface area contributed by atoms with Crippen molar-refractivity contribution in [3.8, 4) is 11.8 Å². The van der Waals surface area contributed by atoms with Crippen LogP contribution in [0.1, 0.15) is 80.8 Å². The number of carboxylic acids is 1. The lowest BCUT2D eigenvalue weighted by Crippen LogP contribution is -2.62. The number of rotatable bonds is 5. The molecule has 2 heterocycles. The fourth-order valence-electron chi connectivity index (χ4n) is 4.41. The zero-order valence-corrected chi connectivity index (χ0v) is 19.8. The van der Waals surface area contributed by atoms with Gasteiger partial charge in [0.15, 0.2) is 0 Å². The third kappa shape index (κ3) is 5.22. The SMILES string of the molecule is C=CC[C@@]1(C)OC[C@@H](C2CCCCC2)N(c2cc(C#CC(C)(C)C)sc2C(=O)O)C1=O. The van der Waals surface area contributed by atoms with Crippen LogP contribution in [-0.2, 0) is 9.53 Å². The van der Waals surface area contributed by atoms with Gasteiger partial charge in [0.2, 0.25) is 0 Å². The van der Waals surface area contributed by atoms with Crippen molar-refractivity contribution in [3.63, 3.8) is 0 Å². The number of amides is 1. The second-order valence-corrected chi connectivity index (χ2v) is 10.9. The molecule has 168 valence electrons. The first-order valence-electron chi connectivity index (χ1n) is 11.0. The Morgan fingerprint density at radius 3 is 2.65 bits per heavy atom. The number of hydrogen-bond donors (Lipinski definition) is 1. The number of carbonyl (C=O) groups is 2. The van der Waals surface area contributed by atoms with Crippen LogP contribution in [0.5, 0.6) is 0 Å². The van der Waals surface area contributed by atoms with Crippen molar-refractivity contribution in [1.82, 2.24) is 0 Å². The summed E-state index contributed by atoms with van der Waals surface area (Å²) in [5.41, 5.74) is -0.785. The van der Waals surface area contributed by atoms with E-state index >= 15 is 0 Å². The van der Waals surface area contributed by atoms with Crippen LogP contribution in [0.2, 0.25) is 0 Å². The lowest BCUT2D eigenvalue weighted by molar-refractivity contribution is -0.152. The van der Waals surface area contributed by atoms with Gasteiger partial charge >= 0.3 is 5.97 Å². The van der Waals surface area contributed by atoms with Crippen molar-refractivity contribution in [2.45, 2.75) is 77.9 Å². The van der Waals surface area contributed by atoms with E-state index in [1.165, 1.54) is 6.42 Å². The van der Waals surface area contributed by atoms with Crippen molar-refractivity contribution in [1.29, 1.82) is 0 Å². The molecule has 3 rings (SSSR count). The maximum atomic E-state index is 13.7. The first-order valence-corrected chi connectivity index (χ1v) is 11.9. The molecule has 0 spiro atoms. The molecule has 1 aromatic rings. The van der Waals surface area contributed by atoms with E-state index in [1.807, 2.05) is 20.8 Å². The molecule has 1 aliphatic heterocycles. The quantitative estimate of drug-likeness (QED) is 0.483. The summed E-state index contributed by atoms with van der Waals surface area (Å²) in [5, 5.41) is 9.93. The fourth-order valence-corrected chi connectivity index (χ4v) is 5.25. The molecule has 0 aromatic carbocycles. The number of morpholine rings is 1. The number of carboxylic acid groups (broad SMARTS) is 1. The fraction of sp³-hybridized carbons (Fsp3) is 0.600. The Balaban J connectivity index is 2.09. The molecular formula is C25H33NO4S. The number of anilines is 1. The van der Waals surface area contributed by atoms with E-state index in [-0.39, 0.29) is 22.2 Å². The Labute approximate surface area is 189 Å². The number of aromatic carboxylic acids is 1. The molecule has 0 unspecified atom stereocenters. The van der Waals surface area contributed by atoms with Crippen molar-refractivity contribution in [2.75, 3.05) is 11.5 Å². The van der Waals surface area contributed by atoms with Crippen molar-refractivity contribution >= 4 is 28.9 Å². The molecule has 31 heavy (non-hydrogen) atoms. The first kappa shape index (κ1) is 23.6. The second kappa shape index (κ2) is 9.18. The highest BCUT2D eigenvalue weighted by atomic mass is 32.1. The molecule has 1 aromatic heterocycles. The highest BCUT2D eigenvalue weighted by Crippen LogP contribution is 2.41. The summed E-state index contributed by atoms with van der Waals surface area (Å²) < 4.78 is 6.10. The average Bonchev–Trinajstić information content (AvgIpc) is 3.13. The van der Waals surface area contributed by atoms with E-state index < -0.39 is 11.6 Å². The minimum atomic E-state index is -1.04. The number of nitrogens with zero attached hydrogens (tertiary/aromatic N) is 1. The van der Waals surface area contributed by atoms with Gasteiger partial charge in [0, 0.05) is 11.8 Å². The molecule has 0 bridgehead atoms. The van der Waals surface area contributed by atoms with Gasteiger partial charge in [-0.25, -0.2) is 4.79 Å². The predicted octanol–water partition coefficient (Wildman–Crippen LogP) is 5.49. The van der Waals surface area contributed by atoms with Gasteiger partial charge in [-0.3, -0.25) is 4.79 Å². The predicted molar refractivity (Wildman–Crippen MR) is 125 cm³/mol. The zero-order chi connectivity index (χ0) is 22.8. The van der Waals surface area contributed by atoms with Crippen LogP contribution >= 0.6 is 11.3 Å². The van der Waals surface area contributed by atoms with Gasteiger partial charge in [-0.15, -0.1) is 17.9 Å². The van der Waals surface area contributed by atoms with Crippen LogP contribution in [0.15, 0.2) is 18.7 Å². The van der Waals surface area contributed by atoms with Gasteiger partial charge in [0.25, 0.3) is 5.91 Å². The number of thiophene rings is 1. The van der Waals surface area contributed by atoms with Crippen molar-refractivity contribution in [3.05, 3.63) is 28.5 Å². The van der Waals surface area contributed by atoms with Crippen LogP contribution < -0.4 is 4.90 Å². The van der Waals surface area contributed by atoms with Gasteiger partial charge in [0.1, 0.15) is 10.5 Å². The van der Waals surface area contributed by atoms with Crippen LogP contribution in [-0.4, -0.2) is 35.2 Å². The summed E-state index contributed by atoms with van der Waals surface area (Å²) in [6, 6.07) is 1.61. The Bertz CT molecular complexity index is 910. The van der Waals surface area contributed by atoms with Gasteiger partial charge in [-0.1, -0.05) is 37.2 Å². The molecule has 2 atom stereocenters. The summed E-state index contributed by atoms with van der Waals surface area (Å²) in [5.74, 6) is 5.36. The Kier molecular flexibility index (Phi) is 6.98. The summed E-state index contributed by atoms with van der Waals surface area (Å²) in [6.07, 6.45) is 7.58. The molecule has 2 fully saturated rings. The van der Waals surface area contributed by atoms with Gasteiger partial charge in [0.05, 0.1) is 23.2 Å². The lowest BCUT2D eigenvalue weighted by atomic mass is 9.81. The van der Waals surface area contributed by atoms with E-state index in [9.17, 15) is 14.7 Å². The summed E-state index contributed by atoms with van der Waals surface area (Å²) in [4.78, 5) is 28.4. The van der Waals surface area contributed by atoms with Crippen LogP contribution in [0.4, 0.5) is 5.69 Å². The molecule has 5 nitrogen and oxygen atoms in total. The van der Waals surface area contributed by atoms with Gasteiger partial charge in [-0.05, 0) is 52.5 Å². The second-order valence-electron chi connectivity index (χ2n) is 9.81. The number of hydrogen-bond acceptors (Lipinski definition) is 4. The van der Waals surface area contributed by atoms with E-state index in [1.54, 1.807) is 24.0 Å². The van der Waals surface area contributed by atoms with E-state index in [0.29, 0.717) is 29.5 Å². The van der Waals surface area contributed by atoms with Crippen LogP contribution in [0, 0.1) is 23.2 Å². The first-order chi connectivity index (χ1) is 14.6. The molecule has 2 aliphatic rings. The molecule has 1 N–H and O–H groups in total. The summed E-state index contributed by atoms with van der Waals surface area (Å²) in [7, 11) is 0. The van der Waals surface area contributed by atoms with Crippen LogP contribution in [0.25, 0.3) is 0 Å². The minimum absolute atomic E-state index is 0.162. The Morgan fingerprint density at radius 1 is 1.39 bits per heavy atom. The maximum Gasteiger partial charge on any atom is 0.348 e. The number of carbonyl (C=O) groups excluding carboxylic acids is 1. The van der Waals surface area contributed by atoms with E-state index in [4.69, 9.17) is 4.74 Å². The topological polar surface area (TPSA) is 66.8 Å². The maximum absolute atomic E-state index is 13.7. The third-order valence-corrected chi connectivity index (χ3v) is 7.06. The Morgan fingerprint density at radius 2 is 2.06 bits per heavy atom. The largest absolute Gasteiger partial charge is 0.477 e. The van der Waals surface area contributed by atoms with E-state index in [0.717, 1.165) is 37.0 Å². The van der Waals surface area contributed by atoms with Crippen molar-refractivity contribution in [2.24, 2.45) is 11.3 Å². The molecule has 1 saturated carbocycles. The smallest absolute Gasteiger partial charge is 0.348 e.